The van der Waals surface area contributed by atoms with E-state index < -0.39 is 43.8 Å². The Morgan fingerprint density at radius 3 is 2.58 bits per heavy atom. The number of benzene rings is 1. The molecule has 1 saturated heterocycles. The Kier molecular flexibility index (Phi) is 3.40. The van der Waals surface area contributed by atoms with Crippen LogP contribution in [0.3, 0.4) is 0 Å². The molecule has 1 aliphatic rings. The Balaban J connectivity index is 2.32. The molecule has 1 N–H and O–H groups in total. The average molecular weight is 292 g/mol. The van der Waals surface area contributed by atoms with Crippen molar-refractivity contribution < 1.29 is 22.1 Å². The van der Waals surface area contributed by atoms with E-state index >= 15 is 0 Å². The molecule has 1 unspecified atom stereocenters. The molecule has 0 radical (unpaired) electrons. The van der Waals surface area contributed by atoms with E-state index in [1.807, 2.05) is 0 Å². The van der Waals surface area contributed by atoms with Crippen molar-refractivity contribution in [3.63, 3.8) is 0 Å². The first-order valence-electron chi connectivity index (χ1n) is 5.39. The lowest BCUT2D eigenvalue weighted by Crippen LogP contribution is -2.22. The van der Waals surface area contributed by atoms with E-state index in [9.17, 15) is 27.3 Å². The van der Waals surface area contributed by atoms with Crippen molar-refractivity contribution >= 4 is 21.2 Å². The van der Waals surface area contributed by atoms with Crippen LogP contribution in [0, 0.1) is 21.7 Å². The molecule has 19 heavy (non-hydrogen) atoms. The van der Waals surface area contributed by atoms with Crippen molar-refractivity contribution in [2.24, 2.45) is 0 Å². The number of hydrogen-bond acceptors (Lipinski definition) is 5. The van der Waals surface area contributed by atoms with E-state index in [4.69, 9.17) is 0 Å². The predicted octanol–water partition coefficient (Wildman–Crippen LogP) is 1.47. The second kappa shape index (κ2) is 4.72. The lowest BCUT2D eigenvalue weighted by molar-refractivity contribution is -0.384. The van der Waals surface area contributed by atoms with Crippen LogP contribution in [0.15, 0.2) is 12.1 Å². The van der Waals surface area contributed by atoms with Crippen LogP contribution in [-0.4, -0.2) is 30.9 Å². The number of nitrogens with one attached hydrogen (secondary N) is 1. The van der Waals surface area contributed by atoms with Gasteiger partial charge in [0.1, 0.15) is 11.5 Å². The lowest BCUT2D eigenvalue weighted by atomic mass is 10.2. The van der Waals surface area contributed by atoms with Crippen molar-refractivity contribution in [3.8, 4) is 0 Å². The van der Waals surface area contributed by atoms with E-state index in [2.05, 4.69) is 5.32 Å². The molecule has 0 aromatic heterocycles. The van der Waals surface area contributed by atoms with Gasteiger partial charge >= 0.3 is 0 Å². The number of hydrogen-bond donors (Lipinski definition) is 1. The Morgan fingerprint density at radius 2 is 2.05 bits per heavy atom. The van der Waals surface area contributed by atoms with E-state index in [-0.39, 0.29) is 17.9 Å². The highest BCUT2D eigenvalue weighted by molar-refractivity contribution is 7.91. The number of rotatable bonds is 3. The SMILES string of the molecule is O=[N+]([O-])c1cc(F)cc(F)c1NC1CCS(=O)(=O)C1. The van der Waals surface area contributed by atoms with Crippen LogP contribution in [0.4, 0.5) is 20.2 Å². The second-order valence-electron chi connectivity index (χ2n) is 4.28. The molecule has 9 heteroatoms. The molecule has 0 amide bonds. The molecule has 1 heterocycles. The molecule has 1 aliphatic heterocycles. The fraction of sp³-hybridized carbons (Fsp3) is 0.400. The largest absolute Gasteiger partial charge is 0.373 e. The van der Waals surface area contributed by atoms with Gasteiger partial charge in [0.15, 0.2) is 15.7 Å². The van der Waals surface area contributed by atoms with Gasteiger partial charge in [0, 0.05) is 12.1 Å². The number of nitro benzene ring substituents is 1. The zero-order chi connectivity index (χ0) is 14.2. The molecule has 6 nitrogen and oxygen atoms in total. The van der Waals surface area contributed by atoms with Crippen molar-refractivity contribution in [2.75, 3.05) is 16.8 Å². The molecule has 1 aromatic rings. The van der Waals surface area contributed by atoms with Crippen LogP contribution in [-0.2, 0) is 9.84 Å². The molecule has 0 aliphatic carbocycles. The molecular formula is C10H10F2N2O4S. The van der Waals surface area contributed by atoms with Crippen molar-refractivity contribution in [1.82, 2.24) is 0 Å². The highest BCUT2D eigenvalue weighted by atomic mass is 32.2. The van der Waals surface area contributed by atoms with Gasteiger partial charge in [-0.05, 0) is 6.42 Å². The van der Waals surface area contributed by atoms with Crippen LogP contribution in [0.25, 0.3) is 0 Å². The number of halogens is 2. The Morgan fingerprint density at radius 1 is 1.37 bits per heavy atom. The minimum atomic E-state index is -3.20. The molecule has 104 valence electrons. The summed E-state index contributed by atoms with van der Waals surface area (Å²) >= 11 is 0. The van der Waals surface area contributed by atoms with Gasteiger partial charge in [-0.1, -0.05) is 0 Å². The van der Waals surface area contributed by atoms with Crippen LogP contribution >= 0.6 is 0 Å². The second-order valence-corrected chi connectivity index (χ2v) is 6.51. The van der Waals surface area contributed by atoms with E-state index in [1.54, 1.807) is 0 Å². The first kappa shape index (κ1) is 13.7. The van der Waals surface area contributed by atoms with E-state index in [0.29, 0.717) is 12.1 Å². The summed E-state index contributed by atoms with van der Waals surface area (Å²) in [6, 6.07) is 0.497. The van der Waals surface area contributed by atoms with Gasteiger partial charge in [-0.25, -0.2) is 17.2 Å². The molecule has 0 saturated carbocycles. The van der Waals surface area contributed by atoms with Gasteiger partial charge in [-0.3, -0.25) is 10.1 Å². The maximum Gasteiger partial charge on any atom is 0.298 e. The van der Waals surface area contributed by atoms with Gasteiger partial charge in [0.2, 0.25) is 0 Å². The molecule has 0 bridgehead atoms. The minimum Gasteiger partial charge on any atom is -0.373 e. The zero-order valence-corrected chi connectivity index (χ0v) is 10.4. The summed E-state index contributed by atoms with van der Waals surface area (Å²) in [6.45, 7) is 0. The highest BCUT2D eigenvalue weighted by Crippen LogP contribution is 2.30. The van der Waals surface area contributed by atoms with Crippen LogP contribution in [0.2, 0.25) is 0 Å². The third-order valence-corrected chi connectivity index (χ3v) is 4.58. The number of anilines is 1. The van der Waals surface area contributed by atoms with Gasteiger partial charge < -0.3 is 5.32 Å². The minimum absolute atomic E-state index is 0.0543. The van der Waals surface area contributed by atoms with Crippen LogP contribution in [0.1, 0.15) is 6.42 Å². The molecule has 2 rings (SSSR count). The fourth-order valence-corrected chi connectivity index (χ4v) is 3.63. The summed E-state index contributed by atoms with van der Waals surface area (Å²) in [5.74, 6) is -2.45. The third-order valence-electron chi connectivity index (χ3n) is 2.81. The summed E-state index contributed by atoms with van der Waals surface area (Å²) in [5, 5.41) is 13.2. The van der Waals surface area contributed by atoms with Crippen molar-refractivity contribution in [2.45, 2.75) is 12.5 Å². The zero-order valence-electron chi connectivity index (χ0n) is 9.60. The summed E-state index contributed by atoms with van der Waals surface area (Å²) in [7, 11) is -3.20. The van der Waals surface area contributed by atoms with E-state index in [1.165, 1.54) is 0 Å². The smallest absolute Gasteiger partial charge is 0.298 e. The predicted molar refractivity (Wildman–Crippen MR) is 63.7 cm³/mol. The van der Waals surface area contributed by atoms with Crippen LogP contribution < -0.4 is 5.32 Å². The van der Waals surface area contributed by atoms with E-state index in [0.717, 1.165) is 0 Å². The Hall–Kier alpha value is -1.77. The fourth-order valence-electron chi connectivity index (χ4n) is 1.96. The summed E-state index contributed by atoms with van der Waals surface area (Å²) in [6.07, 6.45) is 0.232. The van der Waals surface area contributed by atoms with Gasteiger partial charge in [0.25, 0.3) is 5.69 Å². The standard InChI is InChI=1S/C10H10F2N2O4S/c11-6-3-8(12)10(9(4-6)14(15)16)13-7-1-2-19(17,18)5-7/h3-4,7,13H,1-2,5H2. The monoisotopic (exact) mass is 292 g/mol. The quantitative estimate of drug-likeness (QED) is 0.673. The normalized spacial score (nSPS) is 21.3. The number of nitro groups is 1. The van der Waals surface area contributed by atoms with Crippen molar-refractivity contribution in [1.29, 1.82) is 0 Å². The Labute approximate surface area is 107 Å². The molecule has 1 fully saturated rings. The first-order valence-corrected chi connectivity index (χ1v) is 7.21. The van der Waals surface area contributed by atoms with Crippen molar-refractivity contribution in [3.05, 3.63) is 33.9 Å². The molecular weight excluding hydrogens is 282 g/mol. The topological polar surface area (TPSA) is 89.3 Å². The molecule has 1 aromatic carbocycles. The van der Waals surface area contributed by atoms with Gasteiger partial charge in [0.05, 0.1) is 22.5 Å². The lowest BCUT2D eigenvalue weighted by Gasteiger charge is -2.13. The number of sulfone groups is 1. The molecule has 1 atom stereocenters. The van der Waals surface area contributed by atoms with Crippen LogP contribution in [0.5, 0.6) is 0 Å². The highest BCUT2D eigenvalue weighted by Gasteiger charge is 2.30. The van der Waals surface area contributed by atoms with Gasteiger partial charge in [-0.15, -0.1) is 0 Å². The maximum absolute atomic E-state index is 13.6. The summed E-state index contributed by atoms with van der Waals surface area (Å²) in [5.41, 5.74) is -1.23. The van der Waals surface area contributed by atoms with Gasteiger partial charge in [-0.2, -0.15) is 0 Å². The first-order chi connectivity index (χ1) is 8.78. The molecule has 0 spiro atoms. The summed E-state index contributed by atoms with van der Waals surface area (Å²) < 4.78 is 49.0. The number of nitrogens with zero attached hydrogens (tertiary/aromatic N) is 1. The summed E-state index contributed by atoms with van der Waals surface area (Å²) in [4.78, 5) is 9.82. The maximum atomic E-state index is 13.6. The average Bonchev–Trinajstić information content (AvgIpc) is 2.61. The third kappa shape index (κ3) is 2.98. The Bertz CT molecular complexity index is 633.